The van der Waals surface area contributed by atoms with Crippen molar-refractivity contribution in [3.8, 4) is 11.1 Å². The Morgan fingerprint density at radius 3 is 2.40 bits per heavy atom. The van der Waals surface area contributed by atoms with Gasteiger partial charge in [-0.05, 0) is 98.6 Å². The Kier molecular flexibility index (Phi) is 14.6. The van der Waals surface area contributed by atoms with Crippen molar-refractivity contribution < 1.29 is 24.2 Å². The summed E-state index contributed by atoms with van der Waals surface area (Å²) >= 11 is 3.39. The summed E-state index contributed by atoms with van der Waals surface area (Å²) in [5.74, 6) is 1.55. The first kappa shape index (κ1) is 36.8. The number of ether oxygens (including phenoxy) is 1. The number of hydrogen-bond acceptors (Lipinski definition) is 6. The van der Waals surface area contributed by atoms with Gasteiger partial charge in [0.05, 0.1) is 0 Å². The second kappa shape index (κ2) is 17.9. The number of nitrogens with one attached hydrogen (secondary N) is 1. The molecule has 2 atom stereocenters. The zero-order valence-electron chi connectivity index (χ0n) is 27.9. The molecule has 0 saturated heterocycles. The molecular weight excluding hydrogens is 605 g/mol. The molecule has 2 amide bonds. The second-order valence-electron chi connectivity index (χ2n) is 13.0. The van der Waals surface area contributed by atoms with Crippen LogP contribution in [0.2, 0.25) is 0 Å². The average molecular weight is 657 g/mol. The van der Waals surface area contributed by atoms with E-state index in [1.807, 2.05) is 87.0 Å². The topological polar surface area (TPSA) is 95.9 Å². The fourth-order valence-corrected chi connectivity index (χ4v) is 7.22. The molecule has 0 bridgehead atoms. The molecule has 1 fully saturated rings. The Balaban J connectivity index is 2.03. The van der Waals surface area contributed by atoms with Crippen molar-refractivity contribution in [2.75, 3.05) is 23.5 Å². The quantitative estimate of drug-likeness (QED) is 0.199. The Bertz CT molecular complexity index is 1270. The van der Waals surface area contributed by atoms with E-state index in [1.54, 1.807) is 17.8 Å². The molecule has 7 nitrogen and oxygen atoms in total. The molecule has 2 aromatic carbocycles. The normalized spacial score (nSPS) is 15.2. The van der Waals surface area contributed by atoms with Crippen LogP contribution in [-0.2, 0) is 16.1 Å². The number of carbonyl (C=O) groups is 3. The predicted octanol–water partition coefficient (Wildman–Crippen LogP) is 8.43. The molecule has 1 saturated carbocycles. The Morgan fingerprint density at radius 1 is 1.07 bits per heavy atom. The summed E-state index contributed by atoms with van der Waals surface area (Å²) in [5.41, 5.74) is 3.28. The van der Waals surface area contributed by atoms with E-state index in [1.165, 1.54) is 32.1 Å². The zero-order valence-corrected chi connectivity index (χ0v) is 29.5. The van der Waals surface area contributed by atoms with Gasteiger partial charge < -0.3 is 20.1 Å². The van der Waals surface area contributed by atoms with E-state index in [2.05, 4.69) is 12.2 Å². The largest absolute Gasteiger partial charge is 0.480 e. The molecule has 248 valence electrons. The highest BCUT2D eigenvalue weighted by molar-refractivity contribution is 7.99. The minimum Gasteiger partial charge on any atom is -0.480 e. The summed E-state index contributed by atoms with van der Waals surface area (Å²) in [7, 11) is 0. The van der Waals surface area contributed by atoms with Gasteiger partial charge in [0.2, 0.25) is 0 Å². The first-order valence-electron chi connectivity index (χ1n) is 16.2. The standard InChI is InChI=1S/C36H52N2O5S2/c1-7-45-24-28(21-26-14-9-8-10-15-26)38(35(42)43-36(3,4)5)23-27-17-18-30(31(22-27)29-16-12-11-13-25(29)2)33(39)37-32(34(40)41)19-20-44-6/h11-13,16-18,22,26,28,32H,7-10,14-15,19-21,23-24H2,1-6H3,(H,37,39)(H,40,41)/t28?,32-/m0/s1. The maximum Gasteiger partial charge on any atom is 0.410 e. The molecule has 0 heterocycles. The van der Waals surface area contributed by atoms with Gasteiger partial charge in [-0.1, -0.05) is 69.4 Å². The minimum absolute atomic E-state index is 0.0190. The third kappa shape index (κ3) is 11.6. The maximum atomic E-state index is 13.8. The summed E-state index contributed by atoms with van der Waals surface area (Å²) < 4.78 is 5.97. The van der Waals surface area contributed by atoms with Crippen molar-refractivity contribution >= 4 is 41.5 Å². The van der Waals surface area contributed by atoms with Gasteiger partial charge in [-0.15, -0.1) is 0 Å². The van der Waals surface area contributed by atoms with Crippen molar-refractivity contribution in [2.24, 2.45) is 5.92 Å². The fourth-order valence-electron chi connectivity index (χ4n) is 5.92. The van der Waals surface area contributed by atoms with E-state index < -0.39 is 23.5 Å². The smallest absolute Gasteiger partial charge is 0.410 e. The molecular formula is C36H52N2O5S2. The van der Waals surface area contributed by atoms with Crippen LogP contribution in [0.25, 0.3) is 11.1 Å². The molecule has 9 heteroatoms. The van der Waals surface area contributed by atoms with Crippen LogP contribution in [0.3, 0.4) is 0 Å². The lowest BCUT2D eigenvalue weighted by molar-refractivity contribution is -0.139. The number of carboxylic acid groups (broad SMARTS) is 1. The SMILES string of the molecule is CCSCC(CC1CCCCC1)N(Cc1ccc(C(=O)N[C@@H](CCSC)C(=O)O)c(-c2ccccc2C)c1)C(=O)OC(C)(C)C. The molecule has 1 aliphatic rings. The van der Waals surface area contributed by atoms with Crippen LogP contribution in [-0.4, -0.2) is 69.2 Å². The number of nitrogens with zero attached hydrogens (tertiary/aromatic N) is 1. The molecule has 0 aromatic heterocycles. The molecule has 0 spiro atoms. The molecule has 2 N–H and O–H groups in total. The number of aliphatic carboxylic acids is 1. The van der Waals surface area contributed by atoms with E-state index in [0.717, 1.165) is 34.6 Å². The van der Waals surface area contributed by atoms with Crippen LogP contribution in [0.1, 0.15) is 94.1 Å². The molecule has 2 aromatic rings. The molecule has 0 radical (unpaired) electrons. The monoisotopic (exact) mass is 656 g/mol. The van der Waals surface area contributed by atoms with Crippen LogP contribution in [0.15, 0.2) is 42.5 Å². The Hall–Kier alpha value is -2.65. The maximum absolute atomic E-state index is 13.8. The van der Waals surface area contributed by atoms with Gasteiger partial charge in [0.15, 0.2) is 0 Å². The number of carboxylic acids is 1. The summed E-state index contributed by atoms with van der Waals surface area (Å²) in [5, 5.41) is 12.5. The van der Waals surface area contributed by atoms with Crippen LogP contribution < -0.4 is 5.32 Å². The van der Waals surface area contributed by atoms with Crippen molar-refractivity contribution in [1.29, 1.82) is 0 Å². The van der Waals surface area contributed by atoms with Gasteiger partial charge in [-0.3, -0.25) is 4.79 Å². The molecule has 1 aliphatic carbocycles. The first-order valence-corrected chi connectivity index (χ1v) is 18.8. The highest BCUT2D eigenvalue weighted by atomic mass is 32.2. The second-order valence-corrected chi connectivity index (χ2v) is 15.3. The van der Waals surface area contributed by atoms with E-state index >= 15 is 0 Å². The lowest BCUT2D eigenvalue weighted by atomic mass is 9.84. The van der Waals surface area contributed by atoms with Crippen molar-refractivity contribution in [2.45, 2.75) is 104 Å². The van der Waals surface area contributed by atoms with Crippen LogP contribution >= 0.6 is 23.5 Å². The van der Waals surface area contributed by atoms with Crippen LogP contribution in [0.4, 0.5) is 4.79 Å². The van der Waals surface area contributed by atoms with Crippen molar-refractivity contribution in [3.63, 3.8) is 0 Å². The first-order chi connectivity index (χ1) is 21.4. The third-order valence-electron chi connectivity index (χ3n) is 8.24. The molecule has 1 unspecified atom stereocenters. The lowest BCUT2D eigenvalue weighted by Crippen LogP contribution is -2.45. The number of aryl methyl sites for hydroxylation is 1. The molecule has 3 rings (SSSR count). The lowest BCUT2D eigenvalue weighted by Gasteiger charge is -2.36. The number of benzene rings is 2. The average Bonchev–Trinajstić information content (AvgIpc) is 2.99. The van der Waals surface area contributed by atoms with Gasteiger partial charge in [-0.25, -0.2) is 9.59 Å². The van der Waals surface area contributed by atoms with Crippen LogP contribution in [0.5, 0.6) is 0 Å². The van der Waals surface area contributed by atoms with Gasteiger partial charge in [-0.2, -0.15) is 23.5 Å². The minimum atomic E-state index is -1.05. The molecule has 45 heavy (non-hydrogen) atoms. The Labute approximate surface area is 278 Å². The van der Waals surface area contributed by atoms with Gasteiger partial charge >= 0.3 is 12.1 Å². The highest BCUT2D eigenvalue weighted by Gasteiger charge is 2.31. The summed E-state index contributed by atoms with van der Waals surface area (Å²) in [6.07, 6.45) is 9.05. The predicted molar refractivity (Wildman–Crippen MR) is 188 cm³/mol. The fraction of sp³-hybridized carbons (Fsp3) is 0.583. The van der Waals surface area contributed by atoms with Gasteiger partial charge in [0.1, 0.15) is 11.6 Å². The van der Waals surface area contributed by atoms with E-state index in [4.69, 9.17) is 4.74 Å². The number of thioether (sulfide) groups is 2. The van der Waals surface area contributed by atoms with Crippen molar-refractivity contribution in [3.05, 3.63) is 59.2 Å². The highest BCUT2D eigenvalue weighted by Crippen LogP contribution is 2.33. The number of rotatable bonds is 15. The van der Waals surface area contributed by atoms with Crippen LogP contribution in [0, 0.1) is 12.8 Å². The molecule has 0 aliphatic heterocycles. The summed E-state index contributed by atoms with van der Waals surface area (Å²) in [4.78, 5) is 41.3. The Morgan fingerprint density at radius 2 is 1.78 bits per heavy atom. The number of hydrogen-bond donors (Lipinski definition) is 2. The van der Waals surface area contributed by atoms with Crippen molar-refractivity contribution in [1.82, 2.24) is 10.2 Å². The number of amides is 2. The van der Waals surface area contributed by atoms with E-state index in [0.29, 0.717) is 35.8 Å². The number of carbonyl (C=O) groups excluding carboxylic acids is 2. The zero-order chi connectivity index (χ0) is 33.0. The summed E-state index contributed by atoms with van der Waals surface area (Å²) in [6, 6.07) is 12.5. The van der Waals surface area contributed by atoms with E-state index in [9.17, 15) is 19.5 Å². The third-order valence-corrected chi connectivity index (χ3v) is 9.92. The van der Waals surface area contributed by atoms with Gasteiger partial charge in [0.25, 0.3) is 5.91 Å². The summed E-state index contributed by atoms with van der Waals surface area (Å²) in [6.45, 7) is 10.2. The van der Waals surface area contributed by atoms with E-state index in [-0.39, 0.29) is 12.1 Å². The van der Waals surface area contributed by atoms with Gasteiger partial charge in [0, 0.05) is 23.9 Å².